The number of hydrogen-bond acceptors (Lipinski definition) is 4. The quantitative estimate of drug-likeness (QED) is 0.531. The minimum atomic E-state index is 0.859. The van der Waals surface area contributed by atoms with E-state index in [2.05, 4.69) is 27.3 Å². The zero-order valence-corrected chi connectivity index (χ0v) is 11.5. The normalized spacial score (nSPS) is 11.1. The van der Waals surface area contributed by atoms with E-state index in [4.69, 9.17) is 4.98 Å². The van der Waals surface area contributed by atoms with Crippen LogP contribution in [0.15, 0.2) is 54.9 Å². The molecule has 0 N–H and O–H groups in total. The highest BCUT2D eigenvalue weighted by atomic mass is 15.1. The van der Waals surface area contributed by atoms with Gasteiger partial charge in [0.15, 0.2) is 0 Å². The maximum Gasteiger partial charge on any atom is 0.0967 e. The fourth-order valence-corrected chi connectivity index (χ4v) is 2.53. The van der Waals surface area contributed by atoms with E-state index in [1.54, 1.807) is 12.4 Å². The first-order chi connectivity index (χ1) is 10.3. The summed E-state index contributed by atoms with van der Waals surface area (Å²) in [5, 5.41) is 10.1. The van der Waals surface area contributed by atoms with Crippen molar-refractivity contribution in [2.45, 2.75) is 6.92 Å². The molecule has 0 bridgehead atoms. The van der Waals surface area contributed by atoms with E-state index in [-0.39, 0.29) is 0 Å². The van der Waals surface area contributed by atoms with E-state index in [1.165, 1.54) is 0 Å². The lowest BCUT2D eigenvalue weighted by Crippen LogP contribution is -1.84. The SMILES string of the molecule is Cc1cnc2c(ccc3nncc32)c(-c2ccccc2)n1. The monoisotopic (exact) mass is 272 g/mol. The number of hydrogen-bond donors (Lipinski definition) is 0. The topological polar surface area (TPSA) is 51.6 Å². The van der Waals surface area contributed by atoms with Crippen molar-refractivity contribution < 1.29 is 0 Å². The summed E-state index contributed by atoms with van der Waals surface area (Å²) in [5.41, 5.74) is 4.64. The van der Waals surface area contributed by atoms with Gasteiger partial charge < -0.3 is 0 Å². The summed E-state index contributed by atoms with van der Waals surface area (Å²) >= 11 is 0. The summed E-state index contributed by atoms with van der Waals surface area (Å²) in [7, 11) is 0. The number of aryl methyl sites for hydroxylation is 1. The molecular weight excluding hydrogens is 260 g/mol. The Kier molecular flexibility index (Phi) is 2.60. The average molecular weight is 272 g/mol. The van der Waals surface area contributed by atoms with Crippen molar-refractivity contribution in [3.8, 4) is 11.3 Å². The van der Waals surface area contributed by atoms with E-state index in [1.807, 2.05) is 37.3 Å². The summed E-state index contributed by atoms with van der Waals surface area (Å²) in [4.78, 5) is 9.31. The van der Waals surface area contributed by atoms with Crippen molar-refractivity contribution in [2.24, 2.45) is 0 Å². The van der Waals surface area contributed by atoms with E-state index >= 15 is 0 Å². The van der Waals surface area contributed by atoms with Gasteiger partial charge >= 0.3 is 0 Å². The first-order valence-electron chi connectivity index (χ1n) is 6.76. The molecule has 0 fully saturated rings. The maximum atomic E-state index is 4.72. The van der Waals surface area contributed by atoms with Crippen molar-refractivity contribution in [1.82, 2.24) is 20.2 Å². The largest absolute Gasteiger partial charge is 0.254 e. The van der Waals surface area contributed by atoms with Gasteiger partial charge in [0, 0.05) is 22.5 Å². The lowest BCUT2D eigenvalue weighted by atomic mass is 10.1. The van der Waals surface area contributed by atoms with Crippen molar-refractivity contribution >= 4 is 21.8 Å². The summed E-state index contributed by atoms with van der Waals surface area (Å²) in [6.45, 7) is 1.96. The van der Waals surface area contributed by atoms with Crippen molar-refractivity contribution in [2.75, 3.05) is 0 Å². The van der Waals surface area contributed by atoms with Gasteiger partial charge in [0.05, 0.1) is 28.6 Å². The molecular formula is C17H12N4. The Morgan fingerprint density at radius 1 is 0.857 bits per heavy atom. The molecule has 4 rings (SSSR count). The minimum absolute atomic E-state index is 0.859. The van der Waals surface area contributed by atoms with E-state index < -0.39 is 0 Å². The Morgan fingerprint density at radius 2 is 1.71 bits per heavy atom. The van der Waals surface area contributed by atoms with Crippen LogP contribution in [0.4, 0.5) is 0 Å². The third kappa shape index (κ3) is 1.92. The summed E-state index contributed by atoms with van der Waals surface area (Å²) in [5.74, 6) is 0. The molecule has 0 amide bonds. The summed E-state index contributed by atoms with van der Waals surface area (Å²) < 4.78 is 0. The Morgan fingerprint density at radius 3 is 2.57 bits per heavy atom. The van der Waals surface area contributed by atoms with Crippen LogP contribution in [0.25, 0.3) is 33.1 Å². The molecule has 0 unspecified atom stereocenters. The van der Waals surface area contributed by atoms with Crippen LogP contribution < -0.4 is 0 Å². The third-order valence-electron chi connectivity index (χ3n) is 3.52. The van der Waals surface area contributed by atoms with Crippen LogP contribution in [-0.4, -0.2) is 20.2 Å². The molecule has 0 aliphatic carbocycles. The molecule has 2 aromatic heterocycles. The number of benzene rings is 2. The highest BCUT2D eigenvalue weighted by Crippen LogP contribution is 2.29. The van der Waals surface area contributed by atoms with Crippen molar-refractivity contribution in [3.63, 3.8) is 0 Å². The van der Waals surface area contributed by atoms with Crippen LogP contribution in [-0.2, 0) is 0 Å². The first kappa shape index (κ1) is 11.9. The first-order valence-corrected chi connectivity index (χ1v) is 6.76. The molecule has 0 atom stereocenters. The van der Waals surface area contributed by atoms with Crippen molar-refractivity contribution in [1.29, 1.82) is 0 Å². The second kappa shape index (κ2) is 4.59. The van der Waals surface area contributed by atoms with E-state index in [9.17, 15) is 0 Å². The Bertz CT molecular complexity index is 949. The van der Waals surface area contributed by atoms with Crippen LogP contribution in [0.5, 0.6) is 0 Å². The second-order valence-electron chi connectivity index (χ2n) is 4.97. The average Bonchev–Trinajstić information content (AvgIpc) is 2.93. The molecule has 0 radical (unpaired) electrons. The number of nitrogens with zero attached hydrogens (tertiary/aromatic N) is 4. The highest BCUT2D eigenvalue weighted by Gasteiger charge is 2.10. The molecule has 2 aromatic carbocycles. The predicted octanol–water partition coefficient (Wildman–Crippen LogP) is 3.55. The summed E-state index contributed by atoms with van der Waals surface area (Å²) in [6.07, 6.45) is 3.55. The standard InChI is InChI=1S/C17H12N4/c1-11-9-18-17-13(7-8-15-14(17)10-19-21-15)16(20-11)12-5-3-2-4-6-12/h2-10H,1H3. The van der Waals surface area contributed by atoms with Gasteiger partial charge in [-0.2, -0.15) is 10.2 Å². The highest BCUT2D eigenvalue weighted by molar-refractivity contribution is 6.07. The Balaban J connectivity index is 2.20. The zero-order chi connectivity index (χ0) is 14.2. The summed E-state index contributed by atoms with van der Waals surface area (Å²) in [6, 6.07) is 14.2. The molecule has 0 saturated carbocycles. The molecule has 0 aliphatic heterocycles. The van der Waals surface area contributed by atoms with Gasteiger partial charge in [-0.3, -0.25) is 9.97 Å². The molecule has 4 nitrogen and oxygen atoms in total. The molecule has 4 heteroatoms. The maximum absolute atomic E-state index is 4.72. The fourth-order valence-electron chi connectivity index (χ4n) is 2.53. The van der Waals surface area contributed by atoms with Gasteiger partial charge in [0.25, 0.3) is 0 Å². The van der Waals surface area contributed by atoms with Crippen LogP contribution in [0.2, 0.25) is 0 Å². The van der Waals surface area contributed by atoms with E-state index in [0.717, 1.165) is 38.8 Å². The van der Waals surface area contributed by atoms with Gasteiger partial charge in [0.2, 0.25) is 0 Å². The second-order valence-corrected chi connectivity index (χ2v) is 4.97. The number of aromatic nitrogens is 4. The Labute approximate surface area is 121 Å². The van der Waals surface area contributed by atoms with Crippen molar-refractivity contribution in [3.05, 3.63) is 60.6 Å². The lowest BCUT2D eigenvalue weighted by molar-refractivity contribution is 1.12. The lowest BCUT2D eigenvalue weighted by Gasteiger charge is -2.02. The van der Waals surface area contributed by atoms with Crippen LogP contribution in [0, 0.1) is 6.92 Å². The van der Waals surface area contributed by atoms with E-state index in [0.29, 0.717) is 0 Å². The van der Waals surface area contributed by atoms with Gasteiger partial charge in [-0.15, -0.1) is 0 Å². The van der Waals surface area contributed by atoms with Gasteiger partial charge in [0.1, 0.15) is 0 Å². The minimum Gasteiger partial charge on any atom is -0.254 e. The van der Waals surface area contributed by atoms with Crippen LogP contribution in [0.1, 0.15) is 5.69 Å². The molecule has 0 saturated heterocycles. The molecule has 0 aliphatic rings. The molecule has 4 aromatic rings. The molecule has 2 heterocycles. The van der Waals surface area contributed by atoms with Crippen LogP contribution >= 0.6 is 0 Å². The molecule has 21 heavy (non-hydrogen) atoms. The third-order valence-corrected chi connectivity index (χ3v) is 3.52. The van der Waals surface area contributed by atoms with Gasteiger partial charge in [-0.1, -0.05) is 30.3 Å². The molecule has 100 valence electrons. The van der Waals surface area contributed by atoms with Gasteiger partial charge in [-0.25, -0.2) is 0 Å². The Hall–Kier alpha value is -2.88. The zero-order valence-electron chi connectivity index (χ0n) is 11.5. The number of rotatable bonds is 1. The predicted molar refractivity (Wildman–Crippen MR) is 82.8 cm³/mol. The number of fused-ring (bicyclic) bond motifs is 3. The van der Waals surface area contributed by atoms with Crippen LogP contribution in [0.3, 0.4) is 0 Å². The fraction of sp³-hybridized carbons (Fsp3) is 0.0588. The smallest absolute Gasteiger partial charge is 0.0967 e. The molecule has 0 spiro atoms. The van der Waals surface area contributed by atoms with Gasteiger partial charge in [-0.05, 0) is 19.1 Å².